The second-order valence-electron chi connectivity index (χ2n) is 5.99. The Labute approximate surface area is 120 Å². The zero-order chi connectivity index (χ0) is 15.4. The highest BCUT2D eigenvalue weighted by molar-refractivity contribution is 5.85. The van der Waals surface area contributed by atoms with Crippen molar-refractivity contribution in [2.75, 3.05) is 26.7 Å². The van der Waals surface area contributed by atoms with E-state index < -0.39 is 5.97 Å². The molecule has 0 aromatic heterocycles. The quantitative estimate of drug-likeness (QED) is 0.804. The summed E-state index contributed by atoms with van der Waals surface area (Å²) in [5, 5.41) is 8.82. The molecule has 1 rings (SSSR count). The fourth-order valence-corrected chi connectivity index (χ4v) is 2.81. The molecule has 1 aliphatic rings. The summed E-state index contributed by atoms with van der Waals surface area (Å²) in [6.07, 6.45) is 0.162. The Hall–Kier alpha value is -1.14. The highest BCUT2D eigenvalue weighted by Crippen LogP contribution is 2.20. The van der Waals surface area contributed by atoms with Gasteiger partial charge in [0.1, 0.15) is 6.54 Å². The van der Waals surface area contributed by atoms with Gasteiger partial charge < -0.3 is 14.7 Å². The van der Waals surface area contributed by atoms with E-state index in [-0.39, 0.29) is 36.6 Å². The summed E-state index contributed by atoms with van der Waals surface area (Å²) in [6.45, 7) is 9.08. The molecule has 1 amide bonds. The van der Waals surface area contributed by atoms with Gasteiger partial charge in [-0.3, -0.25) is 14.5 Å². The van der Waals surface area contributed by atoms with Crippen molar-refractivity contribution in [2.45, 2.75) is 45.9 Å². The molecule has 1 fully saturated rings. The average Bonchev–Trinajstić information content (AvgIpc) is 2.25. The lowest BCUT2D eigenvalue weighted by atomic mass is 9.99. The molecular weight excluding hydrogens is 260 g/mol. The number of nitrogens with zero attached hydrogens (tertiary/aromatic N) is 2. The third kappa shape index (κ3) is 4.45. The van der Waals surface area contributed by atoms with E-state index in [1.165, 1.54) is 4.90 Å². The van der Waals surface area contributed by atoms with Gasteiger partial charge in [-0.05, 0) is 19.8 Å². The number of rotatable bonds is 5. The number of hydrogen-bond donors (Lipinski definition) is 1. The van der Waals surface area contributed by atoms with E-state index in [1.54, 1.807) is 7.05 Å². The first-order valence-corrected chi connectivity index (χ1v) is 7.08. The van der Waals surface area contributed by atoms with Gasteiger partial charge in [0.15, 0.2) is 0 Å². The van der Waals surface area contributed by atoms with Crippen LogP contribution in [0.2, 0.25) is 0 Å². The molecule has 3 atom stereocenters. The van der Waals surface area contributed by atoms with Gasteiger partial charge in [-0.15, -0.1) is 0 Å². The van der Waals surface area contributed by atoms with Gasteiger partial charge in [0.05, 0.1) is 18.2 Å². The molecule has 0 unspecified atom stereocenters. The Morgan fingerprint density at radius 1 is 1.30 bits per heavy atom. The molecule has 0 spiro atoms. The van der Waals surface area contributed by atoms with Crippen LogP contribution in [0.25, 0.3) is 0 Å². The molecule has 20 heavy (non-hydrogen) atoms. The van der Waals surface area contributed by atoms with Crippen molar-refractivity contribution in [3.63, 3.8) is 0 Å². The number of aliphatic carboxylic acids is 1. The predicted octanol–water partition coefficient (Wildman–Crippen LogP) is 0.663. The number of carboxylic acid groups (broad SMARTS) is 1. The van der Waals surface area contributed by atoms with Crippen molar-refractivity contribution >= 4 is 11.9 Å². The monoisotopic (exact) mass is 286 g/mol. The Balaban J connectivity index is 2.82. The van der Waals surface area contributed by atoms with Crippen LogP contribution in [-0.4, -0.2) is 71.7 Å². The van der Waals surface area contributed by atoms with E-state index in [2.05, 4.69) is 4.90 Å². The van der Waals surface area contributed by atoms with Gasteiger partial charge in [0, 0.05) is 20.1 Å². The molecule has 1 heterocycles. The fraction of sp³-hybridized carbons (Fsp3) is 0.857. The number of carbonyl (C=O) groups is 2. The minimum Gasteiger partial charge on any atom is -0.480 e. The minimum absolute atomic E-state index is 0.0811. The number of ether oxygens (including phenoxy) is 1. The molecule has 6 heteroatoms. The predicted molar refractivity (Wildman–Crippen MR) is 75.5 cm³/mol. The second-order valence-corrected chi connectivity index (χ2v) is 5.99. The number of hydrogen-bond acceptors (Lipinski definition) is 4. The summed E-state index contributed by atoms with van der Waals surface area (Å²) in [5.41, 5.74) is 0. The van der Waals surface area contributed by atoms with E-state index in [1.807, 2.05) is 27.7 Å². The zero-order valence-corrected chi connectivity index (χ0v) is 13.0. The molecule has 0 bridgehead atoms. The first-order chi connectivity index (χ1) is 9.22. The standard InChI is InChI=1S/C14H26N2O4/c1-9(2)13(14(19)15(5)8-12(17)18)16-6-10(3)20-11(4)7-16/h9-11,13H,6-8H2,1-5H3,(H,17,18)/t10-,11-,13+/m1/s1. The van der Waals surface area contributed by atoms with Gasteiger partial charge in [-0.2, -0.15) is 0 Å². The Morgan fingerprint density at radius 2 is 1.80 bits per heavy atom. The van der Waals surface area contributed by atoms with Crippen LogP contribution in [0.4, 0.5) is 0 Å². The van der Waals surface area contributed by atoms with Crippen LogP contribution in [0.3, 0.4) is 0 Å². The maximum Gasteiger partial charge on any atom is 0.323 e. The minimum atomic E-state index is -0.993. The molecule has 1 saturated heterocycles. The largest absolute Gasteiger partial charge is 0.480 e. The van der Waals surface area contributed by atoms with E-state index in [0.717, 1.165) is 0 Å². The third-order valence-corrected chi connectivity index (χ3v) is 3.47. The van der Waals surface area contributed by atoms with Crippen LogP contribution in [-0.2, 0) is 14.3 Å². The first kappa shape index (κ1) is 16.9. The summed E-state index contributed by atoms with van der Waals surface area (Å²) in [4.78, 5) is 26.7. The number of carboxylic acids is 1. The van der Waals surface area contributed by atoms with Crippen LogP contribution in [0, 0.1) is 5.92 Å². The third-order valence-electron chi connectivity index (χ3n) is 3.47. The number of morpholine rings is 1. The summed E-state index contributed by atoms with van der Waals surface area (Å²) >= 11 is 0. The van der Waals surface area contributed by atoms with Gasteiger partial charge in [0.25, 0.3) is 0 Å². The molecule has 0 saturated carbocycles. The van der Waals surface area contributed by atoms with Crippen LogP contribution in [0.1, 0.15) is 27.7 Å². The van der Waals surface area contributed by atoms with Crippen molar-refractivity contribution in [3.8, 4) is 0 Å². The Morgan fingerprint density at radius 3 is 2.20 bits per heavy atom. The summed E-state index contributed by atoms with van der Waals surface area (Å²) in [6, 6.07) is -0.298. The van der Waals surface area contributed by atoms with Crippen molar-refractivity contribution in [1.82, 2.24) is 9.80 Å². The molecule has 1 N–H and O–H groups in total. The number of amides is 1. The number of likely N-dealkylation sites (N-methyl/N-ethyl adjacent to an activating group) is 1. The van der Waals surface area contributed by atoms with Crippen molar-refractivity contribution in [2.24, 2.45) is 5.92 Å². The van der Waals surface area contributed by atoms with Crippen molar-refractivity contribution in [3.05, 3.63) is 0 Å². The smallest absolute Gasteiger partial charge is 0.323 e. The van der Waals surface area contributed by atoms with Gasteiger partial charge in [0.2, 0.25) is 5.91 Å². The highest BCUT2D eigenvalue weighted by atomic mass is 16.5. The maximum absolute atomic E-state index is 12.5. The lowest BCUT2D eigenvalue weighted by molar-refractivity contribution is -0.150. The van der Waals surface area contributed by atoms with E-state index >= 15 is 0 Å². The normalized spacial score (nSPS) is 25.5. The van der Waals surface area contributed by atoms with E-state index in [9.17, 15) is 9.59 Å². The molecular formula is C14H26N2O4. The fourth-order valence-electron chi connectivity index (χ4n) is 2.81. The molecule has 116 valence electrons. The molecule has 0 aromatic rings. The van der Waals surface area contributed by atoms with Gasteiger partial charge in [-0.25, -0.2) is 0 Å². The van der Waals surface area contributed by atoms with Gasteiger partial charge >= 0.3 is 5.97 Å². The van der Waals surface area contributed by atoms with Gasteiger partial charge in [-0.1, -0.05) is 13.8 Å². The second kappa shape index (κ2) is 7.04. The summed E-state index contributed by atoms with van der Waals surface area (Å²) < 4.78 is 5.69. The molecule has 0 aliphatic carbocycles. The summed E-state index contributed by atoms with van der Waals surface area (Å²) in [5.74, 6) is -1.01. The van der Waals surface area contributed by atoms with E-state index in [4.69, 9.17) is 9.84 Å². The van der Waals surface area contributed by atoms with Crippen LogP contribution < -0.4 is 0 Å². The molecule has 0 aromatic carbocycles. The van der Waals surface area contributed by atoms with Crippen LogP contribution in [0.5, 0.6) is 0 Å². The topological polar surface area (TPSA) is 70.1 Å². The highest BCUT2D eigenvalue weighted by Gasteiger charge is 2.35. The Bertz CT molecular complexity index is 349. The average molecular weight is 286 g/mol. The van der Waals surface area contributed by atoms with Crippen molar-refractivity contribution < 1.29 is 19.4 Å². The number of carbonyl (C=O) groups excluding carboxylic acids is 1. The first-order valence-electron chi connectivity index (χ1n) is 7.08. The van der Waals surface area contributed by atoms with Crippen LogP contribution >= 0.6 is 0 Å². The van der Waals surface area contributed by atoms with Crippen LogP contribution in [0.15, 0.2) is 0 Å². The SMILES string of the molecule is CC(C)[C@@H](C(=O)N(C)CC(=O)O)N1C[C@@H](C)O[C@H](C)C1. The molecule has 6 nitrogen and oxygen atoms in total. The molecule has 0 radical (unpaired) electrons. The lowest BCUT2D eigenvalue weighted by Crippen LogP contribution is -2.57. The molecule has 1 aliphatic heterocycles. The van der Waals surface area contributed by atoms with Crippen molar-refractivity contribution in [1.29, 1.82) is 0 Å². The lowest BCUT2D eigenvalue weighted by Gasteiger charge is -2.42. The van der Waals surface area contributed by atoms with E-state index in [0.29, 0.717) is 13.1 Å². The zero-order valence-electron chi connectivity index (χ0n) is 13.0. The summed E-state index contributed by atoms with van der Waals surface area (Å²) in [7, 11) is 1.54. The maximum atomic E-state index is 12.5. The Kier molecular flexibility index (Phi) is 5.95.